The minimum Gasteiger partial charge on any atom is -0.491 e. The summed E-state index contributed by atoms with van der Waals surface area (Å²) in [5.74, 6) is 1.47. The van der Waals surface area contributed by atoms with Gasteiger partial charge in [0.2, 0.25) is 0 Å². The van der Waals surface area contributed by atoms with Crippen LogP contribution in [0.3, 0.4) is 0 Å². The van der Waals surface area contributed by atoms with Gasteiger partial charge in [-0.3, -0.25) is 4.79 Å². The minimum absolute atomic E-state index is 0.0166. The summed E-state index contributed by atoms with van der Waals surface area (Å²) in [5, 5.41) is 1.75. The highest BCUT2D eigenvalue weighted by atomic mass is 16.6. The van der Waals surface area contributed by atoms with Crippen LogP contribution < -0.4 is 14.2 Å². The van der Waals surface area contributed by atoms with E-state index in [1.54, 1.807) is 7.11 Å². The van der Waals surface area contributed by atoms with E-state index in [1.807, 2.05) is 91.0 Å². The minimum atomic E-state index is -1.00. The summed E-state index contributed by atoms with van der Waals surface area (Å²) in [6.45, 7) is 4.67. The second kappa shape index (κ2) is 15.7. The molecule has 0 heterocycles. The topological polar surface area (TPSA) is 98.8 Å². The zero-order valence-corrected chi connectivity index (χ0v) is 29.0. The molecule has 9 heteroatoms. The third-order valence-corrected chi connectivity index (χ3v) is 9.64. The van der Waals surface area contributed by atoms with E-state index < -0.39 is 17.5 Å². The molecule has 266 valence electrons. The number of benzene rings is 5. The van der Waals surface area contributed by atoms with Crippen molar-refractivity contribution < 1.29 is 42.7 Å². The van der Waals surface area contributed by atoms with Crippen LogP contribution in [0.15, 0.2) is 122 Å². The van der Waals surface area contributed by atoms with Crippen molar-refractivity contribution in [2.45, 2.75) is 17.9 Å². The van der Waals surface area contributed by atoms with Crippen LogP contribution >= 0.6 is 0 Å². The lowest BCUT2D eigenvalue weighted by Gasteiger charge is -2.52. The molecule has 3 unspecified atom stereocenters. The van der Waals surface area contributed by atoms with E-state index in [9.17, 15) is 9.59 Å². The first-order valence-electron chi connectivity index (χ1n) is 17.4. The maximum Gasteiger partial charge on any atom is 0.330 e. The van der Waals surface area contributed by atoms with E-state index in [4.69, 9.17) is 33.2 Å². The lowest BCUT2D eigenvalue weighted by Crippen LogP contribution is -2.52. The number of carbonyl (C=O) groups is 2. The number of para-hydroxylation sites is 1. The standard InChI is InChI=1S/C43H40O9/c1-3-41(44)50-24-22-47-21-23-48-39-19-20-40(33-15-8-7-14-32(33)39)49-25-26-51-42(45)38-28-34-31-13-9-10-16-36(31)43(38,46-2)37-18-17-30(27-35(34)37)52-29-11-5-4-6-12-29/h3-20,27,34,38H,1,21-26,28H2,2H3. The molecule has 0 saturated carbocycles. The second-order valence-corrected chi connectivity index (χ2v) is 12.5. The second-order valence-electron chi connectivity index (χ2n) is 12.5. The van der Waals surface area contributed by atoms with Crippen LogP contribution in [0.4, 0.5) is 0 Å². The molecule has 0 radical (unpaired) electrons. The zero-order chi connectivity index (χ0) is 35.9. The highest BCUT2D eigenvalue weighted by molar-refractivity contribution is 5.93. The van der Waals surface area contributed by atoms with Crippen LogP contribution in [0.1, 0.15) is 34.6 Å². The van der Waals surface area contributed by atoms with Crippen molar-refractivity contribution in [3.8, 4) is 23.0 Å². The van der Waals surface area contributed by atoms with Gasteiger partial charge in [-0.15, -0.1) is 0 Å². The van der Waals surface area contributed by atoms with Crippen molar-refractivity contribution in [1.82, 2.24) is 0 Å². The molecule has 0 N–H and O–H groups in total. The Bertz CT molecular complexity index is 2060. The lowest BCUT2D eigenvalue weighted by atomic mass is 9.56. The van der Waals surface area contributed by atoms with Crippen molar-refractivity contribution in [2.75, 3.05) is 46.8 Å². The van der Waals surface area contributed by atoms with Crippen molar-refractivity contribution in [1.29, 1.82) is 0 Å². The Morgan fingerprint density at radius 2 is 1.33 bits per heavy atom. The third kappa shape index (κ3) is 6.85. The first-order valence-corrected chi connectivity index (χ1v) is 17.4. The van der Waals surface area contributed by atoms with Crippen molar-refractivity contribution in [3.63, 3.8) is 0 Å². The molecular weight excluding hydrogens is 660 g/mol. The third-order valence-electron chi connectivity index (χ3n) is 9.64. The van der Waals surface area contributed by atoms with Crippen LogP contribution in [-0.4, -0.2) is 58.7 Å². The molecule has 3 aliphatic carbocycles. The van der Waals surface area contributed by atoms with Crippen LogP contribution in [-0.2, 0) is 34.1 Å². The zero-order valence-electron chi connectivity index (χ0n) is 29.0. The highest BCUT2D eigenvalue weighted by Crippen LogP contribution is 2.60. The molecule has 3 aliphatic rings. The Labute approximate surface area is 302 Å². The molecule has 52 heavy (non-hydrogen) atoms. The van der Waals surface area contributed by atoms with Gasteiger partial charge in [0.05, 0.1) is 19.1 Å². The molecule has 0 saturated heterocycles. The van der Waals surface area contributed by atoms with Gasteiger partial charge in [0.1, 0.15) is 55.0 Å². The van der Waals surface area contributed by atoms with Gasteiger partial charge in [-0.2, -0.15) is 0 Å². The highest BCUT2D eigenvalue weighted by Gasteiger charge is 2.58. The average Bonchev–Trinajstić information content (AvgIpc) is 3.19. The summed E-state index contributed by atoms with van der Waals surface area (Å²) in [7, 11) is 1.67. The predicted molar refractivity (Wildman–Crippen MR) is 195 cm³/mol. The number of rotatable bonds is 16. The fourth-order valence-corrected chi connectivity index (χ4v) is 7.43. The number of methoxy groups -OCH3 is 1. The molecule has 0 spiro atoms. The Morgan fingerprint density at radius 1 is 0.692 bits per heavy atom. The van der Waals surface area contributed by atoms with Gasteiger partial charge in [-0.05, 0) is 65.1 Å². The van der Waals surface area contributed by atoms with Crippen molar-refractivity contribution >= 4 is 22.7 Å². The predicted octanol–water partition coefficient (Wildman–Crippen LogP) is 7.73. The largest absolute Gasteiger partial charge is 0.491 e. The molecule has 0 amide bonds. The van der Waals surface area contributed by atoms with Gasteiger partial charge in [0, 0.05) is 29.9 Å². The molecule has 0 aromatic heterocycles. The number of hydrogen-bond acceptors (Lipinski definition) is 9. The quantitative estimate of drug-likeness (QED) is 0.0582. The molecule has 2 bridgehead atoms. The summed E-state index contributed by atoms with van der Waals surface area (Å²) in [4.78, 5) is 25.1. The molecule has 5 aromatic carbocycles. The fraction of sp³-hybridized carbons (Fsp3) is 0.256. The van der Waals surface area contributed by atoms with Gasteiger partial charge in [-0.25, -0.2) is 4.79 Å². The number of esters is 2. The maximum absolute atomic E-state index is 13.9. The van der Waals surface area contributed by atoms with Crippen LogP contribution in [0, 0.1) is 5.92 Å². The molecule has 0 fully saturated rings. The van der Waals surface area contributed by atoms with E-state index in [-0.39, 0.29) is 38.3 Å². The summed E-state index contributed by atoms with van der Waals surface area (Å²) in [5.41, 5.74) is 3.20. The summed E-state index contributed by atoms with van der Waals surface area (Å²) < 4.78 is 41.0. The monoisotopic (exact) mass is 700 g/mol. The normalized spacial score (nSPS) is 18.2. The van der Waals surface area contributed by atoms with Crippen LogP contribution in [0.25, 0.3) is 10.8 Å². The first kappa shape index (κ1) is 34.8. The smallest absolute Gasteiger partial charge is 0.330 e. The van der Waals surface area contributed by atoms with Gasteiger partial charge in [0.15, 0.2) is 0 Å². The maximum atomic E-state index is 13.9. The fourth-order valence-electron chi connectivity index (χ4n) is 7.43. The summed E-state index contributed by atoms with van der Waals surface area (Å²) >= 11 is 0. The van der Waals surface area contributed by atoms with E-state index in [1.165, 1.54) is 0 Å². The molecule has 0 aliphatic heterocycles. The summed E-state index contributed by atoms with van der Waals surface area (Å²) in [6, 6.07) is 35.4. The molecule has 9 nitrogen and oxygen atoms in total. The Kier molecular flexibility index (Phi) is 10.5. The van der Waals surface area contributed by atoms with Crippen molar-refractivity contribution in [3.05, 3.63) is 144 Å². The lowest BCUT2D eigenvalue weighted by molar-refractivity contribution is -0.163. The van der Waals surface area contributed by atoms with E-state index in [2.05, 4.69) is 24.8 Å². The van der Waals surface area contributed by atoms with Gasteiger partial charge < -0.3 is 33.2 Å². The van der Waals surface area contributed by atoms with Gasteiger partial charge >= 0.3 is 11.9 Å². The first-order chi connectivity index (χ1) is 25.5. The van der Waals surface area contributed by atoms with Gasteiger partial charge in [0.25, 0.3) is 0 Å². The Hall–Kier alpha value is -5.64. The van der Waals surface area contributed by atoms with E-state index in [0.717, 1.165) is 50.6 Å². The SMILES string of the molecule is C=CC(=O)OCCOCCOc1ccc(OCCOC(=O)C2CC3c4ccccc4C2(OC)c2ccc(Oc4ccccc4)cc23)c2ccccc12. The molecule has 8 rings (SSSR count). The Balaban J connectivity index is 0.997. The number of fused-ring (bicyclic) bond motifs is 2. The van der Waals surface area contributed by atoms with Crippen LogP contribution in [0.5, 0.6) is 23.0 Å². The molecule has 3 atom stereocenters. The van der Waals surface area contributed by atoms with Gasteiger partial charge in [-0.1, -0.05) is 79.4 Å². The number of hydrogen-bond donors (Lipinski definition) is 0. The summed E-state index contributed by atoms with van der Waals surface area (Å²) in [6.07, 6.45) is 1.66. The average molecular weight is 701 g/mol. The van der Waals surface area contributed by atoms with E-state index in [0.29, 0.717) is 31.1 Å². The molecular formula is C43H40O9. The number of carbonyl (C=O) groups excluding carboxylic acids is 2. The Morgan fingerprint density at radius 3 is 2.06 bits per heavy atom. The number of ether oxygens (including phenoxy) is 7. The van der Waals surface area contributed by atoms with Crippen LogP contribution in [0.2, 0.25) is 0 Å². The van der Waals surface area contributed by atoms with Crippen molar-refractivity contribution in [2.24, 2.45) is 5.92 Å². The molecule has 5 aromatic rings. The van der Waals surface area contributed by atoms with E-state index >= 15 is 0 Å².